The molecule has 0 radical (unpaired) electrons. The van der Waals surface area contributed by atoms with E-state index in [0.29, 0.717) is 23.1 Å². The molecule has 3 aromatic heterocycles. The van der Waals surface area contributed by atoms with Gasteiger partial charge in [-0.2, -0.15) is 0 Å². The van der Waals surface area contributed by atoms with Crippen LogP contribution in [0.25, 0.3) is 5.65 Å². The minimum Gasteiger partial charge on any atom is -0.487 e. The molecule has 0 fully saturated rings. The van der Waals surface area contributed by atoms with Crippen molar-refractivity contribution in [1.82, 2.24) is 19.6 Å². The van der Waals surface area contributed by atoms with Crippen molar-refractivity contribution < 1.29 is 9.53 Å². The predicted molar refractivity (Wildman–Crippen MR) is 108 cm³/mol. The van der Waals surface area contributed by atoms with Gasteiger partial charge in [-0.1, -0.05) is 24.3 Å². The normalized spacial score (nSPS) is 10.9. The van der Waals surface area contributed by atoms with Crippen molar-refractivity contribution in [3.05, 3.63) is 70.6 Å². The number of anilines is 1. The van der Waals surface area contributed by atoms with Crippen LogP contribution in [-0.4, -0.2) is 25.5 Å². The predicted octanol–water partition coefficient (Wildman–Crippen LogP) is 3.89. The molecule has 4 aromatic rings. The number of nitrogens with zero attached hydrogens (tertiary/aromatic N) is 4. The van der Waals surface area contributed by atoms with E-state index in [9.17, 15) is 4.79 Å². The topological polar surface area (TPSA) is 81.4 Å². The lowest BCUT2D eigenvalue weighted by molar-refractivity contribution is 0.102. The molecule has 0 aliphatic heterocycles. The van der Waals surface area contributed by atoms with Crippen LogP contribution >= 0.6 is 11.3 Å². The zero-order chi connectivity index (χ0) is 19.5. The second-order valence-electron chi connectivity index (χ2n) is 6.28. The van der Waals surface area contributed by atoms with Gasteiger partial charge < -0.3 is 9.14 Å². The fraction of sp³-hybridized carbons (Fsp3) is 0.200. The lowest BCUT2D eigenvalue weighted by Crippen LogP contribution is -2.11. The molecule has 1 aromatic carbocycles. The molecule has 0 saturated carbocycles. The van der Waals surface area contributed by atoms with Crippen LogP contribution in [0.3, 0.4) is 0 Å². The van der Waals surface area contributed by atoms with E-state index in [1.54, 1.807) is 24.3 Å². The first-order chi connectivity index (χ1) is 13.6. The fourth-order valence-electron chi connectivity index (χ4n) is 2.75. The van der Waals surface area contributed by atoms with Gasteiger partial charge >= 0.3 is 0 Å². The summed E-state index contributed by atoms with van der Waals surface area (Å²) in [7, 11) is 0. The number of imidazole rings is 1. The third kappa shape index (κ3) is 3.86. The Labute approximate surface area is 166 Å². The maximum Gasteiger partial charge on any atom is 0.257 e. The summed E-state index contributed by atoms with van der Waals surface area (Å²) < 4.78 is 7.79. The van der Waals surface area contributed by atoms with Crippen LogP contribution in [0.4, 0.5) is 5.13 Å². The van der Waals surface area contributed by atoms with Crippen LogP contribution in [0.5, 0.6) is 5.75 Å². The molecule has 4 rings (SSSR count). The Kier molecular flexibility index (Phi) is 5.03. The number of benzene rings is 1. The molecule has 0 aliphatic carbocycles. The monoisotopic (exact) mass is 393 g/mol. The number of aromatic nitrogens is 4. The summed E-state index contributed by atoms with van der Waals surface area (Å²) in [4.78, 5) is 16.9. The number of carbonyl (C=O) groups is 1. The second kappa shape index (κ2) is 7.77. The number of fused-ring (bicyclic) bond motifs is 1. The average Bonchev–Trinajstić information content (AvgIpc) is 3.34. The van der Waals surface area contributed by atoms with Crippen LogP contribution in [0.1, 0.15) is 33.5 Å². The molecule has 0 spiro atoms. The number of rotatable bonds is 6. The Balaban J connectivity index is 1.38. The maximum absolute atomic E-state index is 12.3. The van der Waals surface area contributed by atoms with Crippen molar-refractivity contribution in [2.45, 2.75) is 26.9 Å². The summed E-state index contributed by atoms with van der Waals surface area (Å²) in [6.45, 7) is 4.39. The highest BCUT2D eigenvalue weighted by Crippen LogP contribution is 2.19. The Hall–Kier alpha value is -3.26. The highest BCUT2D eigenvalue weighted by Gasteiger charge is 2.10. The summed E-state index contributed by atoms with van der Waals surface area (Å²) in [5.41, 5.74) is 3.42. The molecule has 0 saturated heterocycles. The first-order valence-electron chi connectivity index (χ1n) is 8.92. The van der Waals surface area contributed by atoms with Gasteiger partial charge in [-0.3, -0.25) is 10.1 Å². The summed E-state index contributed by atoms with van der Waals surface area (Å²) in [5, 5.41) is 12.1. The lowest BCUT2D eigenvalue weighted by atomic mass is 10.2. The SMILES string of the molecule is CCc1nnc(NC(=O)c2ccc(OCc3cn4cccc(C)c4n3)cc2)s1. The third-order valence-electron chi connectivity index (χ3n) is 4.22. The standard InChI is InChI=1S/C20H19N5O2S/c1-3-17-23-24-20(28-17)22-19(26)14-6-8-16(9-7-14)27-12-15-11-25-10-4-5-13(2)18(25)21-15/h4-11H,3,12H2,1-2H3,(H,22,24,26). The minimum absolute atomic E-state index is 0.221. The van der Waals surface area contributed by atoms with Crippen molar-refractivity contribution in [3.63, 3.8) is 0 Å². The van der Waals surface area contributed by atoms with Gasteiger partial charge in [0.25, 0.3) is 5.91 Å². The first-order valence-corrected chi connectivity index (χ1v) is 9.74. The van der Waals surface area contributed by atoms with Crippen LogP contribution in [0.2, 0.25) is 0 Å². The van der Waals surface area contributed by atoms with Crippen molar-refractivity contribution in [1.29, 1.82) is 0 Å². The first kappa shape index (κ1) is 18.1. The van der Waals surface area contributed by atoms with Gasteiger partial charge in [-0.05, 0) is 49.2 Å². The average molecular weight is 393 g/mol. The summed E-state index contributed by atoms with van der Waals surface area (Å²) in [5.74, 6) is 0.454. The van der Waals surface area contributed by atoms with Gasteiger partial charge in [0.15, 0.2) is 0 Å². The van der Waals surface area contributed by atoms with E-state index in [1.807, 2.05) is 42.8 Å². The minimum atomic E-state index is -0.221. The molecule has 28 heavy (non-hydrogen) atoms. The van der Waals surface area contributed by atoms with Crippen molar-refractivity contribution in [2.24, 2.45) is 0 Å². The van der Waals surface area contributed by atoms with Crippen LogP contribution < -0.4 is 10.1 Å². The smallest absolute Gasteiger partial charge is 0.257 e. The molecule has 0 atom stereocenters. The van der Waals surface area contributed by atoms with E-state index in [2.05, 4.69) is 20.5 Å². The Morgan fingerprint density at radius 1 is 1.21 bits per heavy atom. The van der Waals surface area contributed by atoms with E-state index >= 15 is 0 Å². The van der Waals surface area contributed by atoms with Crippen molar-refractivity contribution >= 4 is 28.0 Å². The maximum atomic E-state index is 12.3. The Morgan fingerprint density at radius 2 is 2.04 bits per heavy atom. The van der Waals surface area contributed by atoms with Gasteiger partial charge in [-0.15, -0.1) is 10.2 Å². The highest BCUT2D eigenvalue weighted by atomic mass is 32.1. The van der Waals surface area contributed by atoms with Crippen molar-refractivity contribution in [3.8, 4) is 5.75 Å². The second-order valence-corrected chi connectivity index (χ2v) is 7.34. The van der Waals surface area contributed by atoms with Gasteiger partial charge in [-0.25, -0.2) is 4.98 Å². The zero-order valence-electron chi connectivity index (χ0n) is 15.5. The molecule has 8 heteroatoms. The Bertz CT molecular complexity index is 1120. The summed E-state index contributed by atoms with van der Waals surface area (Å²) >= 11 is 1.38. The number of amides is 1. The highest BCUT2D eigenvalue weighted by molar-refractivity contribution is 7.15. The number of aryl methyl sites for hydroxylation is 2. The molecule has 3 heterocycles. The van der Waals surface area contributed by atoms with Crippen LogP contribution in [0.15, 0.2) is 48.8 Å². The number of carbonyl (C=O) groups excluding carboxylic acids is 1. The van der Waals surface area contributed by atoms with E-state index < -0.39 is 0 Å². The molecular weight excluding hydrogens is 374 g/mol. The number of pyridine rings is 1. The molecule has 0 aliphatic rings. The van der Waals surface area contributed by atoms with Gasteiger partial charge in [0.05, 0.1) is 5.69 Å². The number of hydrogen-bond acceptors (Lipinski definition) is 6. The van der Waals surface area contributed by atoms with Gasteiger partial charge in [0.1, 0.15) is 23.0 Å². The third-order valence-corrected chi connectivity index (χ3v) is 5.20. The van der Waals surface area contributed by atoms with E-state index in [0.717, 1.165) is 28.3 Å². The molecule has 0 bridgehead atoms. The quantitative estimate of drug-likeness (QED) is 0.537. The molecule has 7 nitrogen and oxygen atoms in total. The van der Waals surface area contributed by atoms with Crippen LogP contribution in [0, 0.1) is 6.92 Å². The molecule has 142 valence electrons. The Morgan fingerprint density at radius 3 is 2.75 bits per heavy atom. The number of nitrogens with one attached hydrogen (secondary N) is 1. The van der Waals surface area contributed by atoms with E-state index in [4.69, 9.17) is 4.74 Å². The van der Waals surface area contributed by atoms with Crippen LogP contribution in [-0.2, 0) is 13.0 Å². The molecular formula is C20H19N5O2S. The van der Waals surface area contributed by atoms with Gasteiger partial charge in [0, 0.05) is 18.0 Å². The molecule has 1 amide bonds. The summed E-state index contributed by atoms with van der Waals surface area (Å²) in [6, 6.07) is 11.0. The molecule has 1 N–H and O–H groups in total. The largest absolute Gasteiger partial charge is 0.487 e. The lowest BCUT2D eigenvalue weighted by Gasteiger charge is -2.05. The van der Waals surface area contributed by atoms with E-state index in [1.165, 1.54) is 11.3 Å². The van der Waals surface area contributed by atoms with E-state index in [-0.39, 0.29) is 5.91 Å². The summed E-state index contributed by atoms with van der Waals surface area (Å²) in [6.07, 6.45) is 4.72. The number of hydrogen-bond donors (Lipinski definition) is 1. The number of ether oxygens (including phenoxy) is 1. The molecule has 0 unspecified atom stereocenters. The van der Waals surface area contributed by atoms with Crippen molar-refractivity contribution in [2.75, 3.05) is 5.32 Å². The fourth-order valence-corrected chi connectivity index (χ4v) is 3.42. The zero-order valence-corrected chi connectivity index (χ0v) is 16.4. The van der Waals surface area contributed by atoms with Gasteiger partial charge in [0.2, 0.25) is 5.13 Å².